The Morgan fingerprint density at radius 1 is 1.15 bits per heavy atom. The predicted molar refractivity (Wildman–Crippen MR) is 131 cm³/mol. The number of benzene rings is 1. The molecule has 1 aromatic heterocycles. The zero-order valence-corrected chi connectivity index (χ0v) is 20.2. The molecule has 1 N–H and O–H groups in total. The first-order chi connectivity index (χ1) is 16.2. The molecular formula is C25H35N5O2S. The monoisotopic (exact) mass is 469 g/mol. The van der Waals surface area contributed by atoms with Gasteiger partial charge in [0.05, 0.1) is 19.0 Å². The Labute approximate surface area is 201 Å². The minimum atomic E-state index is 0.00791. The number of hydrogen-bond donors (Lipinski definition) is 1. The largest absolute Gasteiger partial charge is 0.379 e. The van der Waals surface area contributed by atoms with Crippen molar-refractivity contribution in [3.63, 3.8) is 0 Å². The molecule has 8 heteroatoms. The summed E-state index contributed by atoms with van der Waals surface area (Å²) in [5.41, 5.74) is 2.42. The first-order valence-corrected chi connectivity index (χ1v) is 13.0. The van der Waals surface area contributed by atoms with Crippen molar-refractivity contribution in [2.45, 2.75) is 62.8 Å². The lowest BCUT2D eigenvalue weighted by molar-refractivity contribution is -0.118. The Morgan fingerprint density at radius 2 is 1.91 bits per heavy atom. The van der Waals surface area contributed by atoms with Crippen LogP contribution in [0.1, 0.15) is 55.0 Å². The maximum Gasteiger partial charge on any atom is 0.230 e. The second kappa shape index (κ2) is 12.3. The summed E-state index contributed by atoms with van der Waals surface area (Å²) in [5.74, 6) is 1.85. The smallest absolute Gasteiger partial charge is 0.230 e. The highest BCUT2D eigenvalue weighted by atomic mass is 32.2. The molecule has 2 fully saturated rings. The molecule has 2 aromatic rings. The van der Waals surface area contributed by atoms with Crippen LogP contribution in [0.3, 0.4) is 0 Å². The number of ether oxygens (including phenoxy) is 1. The molecule has 0 spiro atoms. The Balaban J connectivity index is 1.31. The van der Waals surface area contributed by atoms with E-state index < -0.39 is 0 Å². The van der Waals surface area contributed by atoms with Crippen LogP contribution in [0.5, 0.6) is 0 Å². The van der Waals surface area contributed by atoms with Gasteiger partial charge in [-0.1, -0.05) is 61.4 Å². The Bertz CT molecular complexity index is 919. The van der Waals surface area contributed by atoms with Crippen molar-refractivity contribution in [2.75, 3.05) is 32.1 Å². The number of nitrogens with one attached hydrogen (secondary N) is 1. The van der Waals surface area contributed by atoms with Gasteiger partial charge in [-0.05, 0) is 24.0 Å². The van der Waals surface area contributed by atoms with Crippen molar-refractivity contribution in [1.29, 1.82) is 0 Å². The quantitative estimate of drug-likeness (QED) is 0.422. The van der Waals surface area contributed by atoms with Gasteiger partial charge in [0.15, 0.2) is 5.16 Å². The number of aromatic nitrogens is 3. The number of nitrogens with zero attached hydrogens (tertiary/aromatic N) is 4. The summed E-state index contributed by atoms with van der Waals surface area (Å²) >= 11 is 1.46. The highest BCUT2D eigenvalue weighted by Gasteiger charge is 2.23. The summed E-state index contributed by atoms with van der Waals surface area (Å²) in [6.45, 7) is 9.47. The Hall–Kier alpha value is -2.16. The zero-order valence-electron chi connectivity index (χ0n) is 19.4. The number of carbonyl (C=O) groups excluding carboxylic acids is 1. The highest BCUT2D eigenvalue weighted by molar-refractivity contribution is 7.99. The van der Waals surface area contributed by atoms with Gasteiger partial charge in [0.2, 0.25) is 5.91 Å². The van der Waals surface area contributed by atoms with E-state index in [4.69, 9.17) is 4.74 Å². The third-order valence-corrected chi connectivity index (χ3v) is 7.42. The minimum absolute atomic E-state index is 0.00791. The molecule has 1 aliphatic carbocycles. The molecule has 1 saturated carbocycles. The number of thioether (sulfide) groups is 1. The van der Waals surface area contributed by atoms with Crippen LogP contribution >= 0.6 is 11.8 Å². The average Bonchev–Trinajstić information content (AvgIpc) is 3.26. The minimum Gasteiger partial charge on any atom is -0.379 e. The third-order valence-electron chi connectivity index (χ3n) is 6.45. The maximum atomic E-state index is 12.6. The fourth-order valence-electron chi connectivity index (χ4n) is 4.63. The first kappa shape index (κ1) is 24.0. The molecule has 33 heavy (non-hydrogen) atoms. The van der Waals surface area contributed by atoms with Gasteiger partial charge in [-0.3, -0.25) is 9.69 Å². The van der Waals surface area contributed by atoms with E-state index in [9.17, 15) is 4.79 Å². The molecule has 2 heterocycles. The molecule has 0 bridgehead atoms. The van der Waals surface area contributed by atoms with Gasteiger partial charge < -0.3 is 14.6 Å². The van der Waals surface area contributed by atoms with Gasteiger partial charge in [0.25, 0.3) is 0 Å². The number of rotatable bonds is 10. The number of morpholine rings is 1. The normalized spacial score (nSPS) is 17.7. The number of allylic oxidation sites excluding steroid dienone is 1. The van der Waals surface area contributed by atoms with Gasteiger partial charge >= 0.3 is 0 Å². The van der Waals surface area contributed by atoms with Crippen molar-refractivity contribution in [1.82, 2.24) is 25.0 Å². The van der Waals surface area contributed by atoms with E-state index in [-0.39, 0.29) is 5.91 Å². The maximum absolute atomic E-state index is 12.6. The van der Waals surface area contributed by atoms with E-state index in [1.165, 1.54) is 49.4 Å². The van der Waals surface area contributed by atoms with Gasteiger partial charge in [-0.2, -0.15) is 0 Å². The van der Waals surface area contributed by atoms with Gasteiger partial charge in [0.1, 0.15) is 5.82 Å². The van der Waals surface area contributed by atoms with Crippen LogP contribution in [-0.4, -0.2) is 57.6 Å². The van der Waals surface area contributed by atoms with Crippen molar-refractivity contribution < 1.29 is 9.53 Å². The molecule has 178 valence electrons. The van der Waals surface area contributed by atoms with Crippen LogP contribution < -0.4 is 5.32 Å². The molecule has 7 nitrogen and oxygen atoms in total. The van der Waals surface area contributed by atoms with E-state index >= 15 is 0 Å². The number of amides is 1. The van der Waals surface area contributed by atoms with Gasteiger partial charge in [-0.25, -0.2) is 0 Å². The van der Waals surface area contributed by atoms with Crippen molar-refractivity contribution in [3.05, 3.63) is 53.9 Å². The lowest BCUT2D eigenvalue weighted by Gasteiger charge is -2.27. The molecule has 1 saturated heterocycles. The molecule has 1 aromatic carbocycles. The molecule has 0 unspecified atom stereocenters. The second-order valence-corrected chi connectivity index (χ2v) is 9.74. The Morgan fingerprint density at radius 3 is 2.67 bits per heavy atom. The van der Waals surface area contributed by atoms with E-state index in [1.54, 1.807) is 0 Å². The zero-order chi connectivity index (χ0) is 22.9. The SMILES string of the molecule is C=CCn1c(SCC(=O)NCc2ccccc2CN2CCOCC2)nnc1C1CCCCC1. The lowest BCUT2D eigenvalue weighted by atomic mass is 9.89. The Kier molecular flexibility index (Phi) is 8.97. The molecule has 0 radical (unpaired) electrons. The number of hydrogen-bond acceptors (Lipinski definition) is 6. The van der Waals surface area contributed by atoms with Crippen LogP contribution in [0.4, 0.5) is 0 Å². The van der Waals surface area contributed by atoms with E-state index in [1.807, 2.05) is 12.1 Å². The number of carbonyl (C=O) groups is 1. The van der Waals surface area contributed by atoms with E-state index in [0.29, 0.717) is 24.8 Å². The lowest BCUT2D eigenvalue weighted by Crippen LogP contribution is -2.36. The summed E-state index contributed by atoms with van der Waals surface area (Å²) in [7, 11) is 0. The van der Waals surface area contributed by atoms with Gasteiger partial charge in [0, 0.05) is 38.6 Å². The molecular weight excluding hydrogens is 434 g/mol. The van der Waals surface area contributed by atoms with Crippen LogP contribution in [0.15, 0.2) is 42.1 Å². The van der Waals surface area contributed by atoms with Crippen LogP contribution in [0.2, 0.25) is 0 Å². The van der Waals surface area contributed by atoms with E-state index in [2.05, 4.69) is 49.8 Å². The molecule has 0 atom stereocenters. The summed E-state index contributed by atoms with van der Waals surface area (Å²) in [4.78, 5) is 15.0. The topological polar surface area (TPSA) is 72.3 Å². The van der Waals surface area contributed by atoms with Crippen molar-refractivity contribution >= 4 is 17.7 Å². The van der Waals surface area contributed by atoms with Crippen LogP contribution in [0, 0.1) is 0 Å². The standard InChI is InChI=1S/C25H35N5O2S/c1-2-12-30-24(20-8-4-3-5-9-20)27-28-25(30)33-19-23(31)26-17-21-10-6-7-11-22(21)18-29-13-15-32-16-14-29/h2,6-7,10-11,20H,1,3-5,8-9,12-19H2,(H,26,31). The van der Waals surface area contributed by atoms with Gasteiger partial charge in [-0.15, -0.1) is 16.8 Å². The molecule has 4 rings (SSSR count). The fraction of sp³-hybridized carbons (Fsp3) is 0.560. The summed E-state index contributed by atoms with van der Waals surface area (Å²) in [5, 5.41) is 12.8. The first-order valence-electron chi connectivity index (χ1n) is 12.0. The average molecular weight is 470 g/mol. The fourth-order valence-corrected chi connectivity index (χ4v) is 5.41. The third kappa shape index (κ3) is 6.68. The predicted octanol–water partition coefficient (Wildman–Crippen LogP) is 3.75. The molecule has 2 aliphatic rings. The van der Waals surface area contributed by atoms with E-state index in [0.717, 1.165) is 49.4 Å². The summed E-state index contributed by atoms with van der Waals surface area (Å²) < 4.78 is 7.59. The van der Waals surface area contributed by atoms with Crippen LogP contribution in [-0.2, 0) is 29.2 Å². The van der Waals surface area contributed by atoms with Crippen LogP contribution in [0.25, 0.3) is 0 Å². The molecule has 1 amide bonds. The van der Waals surface area contributed by atoms with Crippen molar-refractivity contribution in [3.8, 4) is 0 Å². The summed E-state index contributed by atoms with van der Waals surface area (Å²) in [6, 6.07) is 8.34. The molecule has 1 aliphatic heterocycles. The highest BCUT2D eigenvalue weighted by Crippen LogP contribution is 2.33. The van der Waals surface area contributed by atoms with Crippen molar-refractivity contribution in [2.24, 2.45) is 0 Å². The second-order valence-electron chi connectivity index (χ2n) is 8.80. The summed E-state index contributed by atoms with van der Waals surface area (Å²) in [6.07, 6.45) is 8.04.